The molecule has 16 heavy (non-hydrogen) atoms. The van der Waals surface area contributed by atoms with E-state index < -0.39 is 0 Å². The molecule has 0 atom stereocenters. The van der Waals surface area contributed by atoms with Gasteiger partial charge in [0.1, 0.15) is 0 Å². The van der Waals surface area contributed by atoms with Crippen molar-refractivity contribution in [2.75, 3.05) is 0 Å². The van der Waals surface area contributed by atoms with Gasteiger partial charge in [-0.2, -0.15) is 0 Å². The topological polar surface area (TPSA) is 31.2 Å². The van der Waals surface area contributed by atoms with Crippen molar-refractivity contribution in [2.24, 2.45) is 7.05 Å². The van der Waals surface area contributed by atoms with Crippen LogP contribution >= 0.6 is 23.2 Å². The highest BCUT2D eigenvalue weighted by atomic mass is 35.5. The van der Waals surface area contributed by atoms with Crippen molar-refractivity contribution < 1.29 is 9.53 Å². The molecule has 0 aliphatic heterocycles. The van der Waals surface area contributed by atoms with E-state index in [0.29, 0.717) is 21.2 Å². The second-order valence-corrected chi connectivity index (χ2v) is 4.32. The molecule has 0 spiro atoms. The van der Waals surface area contributed by atoms with Crippen molar-refractivity contribution in [1.82, 2.24) is 4.57 Å². The van der Waals surface area contributed by atoms with Crippen LogP contribution in [-0.4, -0.2) is 10.5 Å². The molecule has 0 bridgehead atoms. The number of nitrogens with zero attached hydrogens (tertiary/aromatic N) is 1. The van der Waals surface area contributed by atoms with Gasteiger partial charge in [-0.05, 0) is 12.1 Å². The number of carbonyl (C=O) groups is 1. The first-order valence-corrected chi connectivity index (χ1v) is 5.37. The molecule has 0 unspecified atom stereocenters. The summed E-state index contributed by atoms with van der Waals surface area (Å²) in [7, 11) is 1.84. The lowest BCUT2D eigenvalue weighted by atomic mass is 10.2. The molecule has 2 aromatic rings. The Morgan fingerprint density at radius 3 is 2.69 bits per heavy atom. The Labute approximate surface area is 103 Å². The number of carbonyl (C=O) groups excluding carboxylic acids is 1. The number of hydrogen-bond acceptors (Lipinski definition) is 2. The Hall–Kier alpha value is -1.19. The van der Waals surface area contributed by atoms with Gasteiger partial charge in [-0.15, -0.1) is 0 Å². The van der Waals surface area contributed by atoms with E-state index in [9.17, 15) is 4.79 Å². The summed E-state index contributed by atoms with van der Waals surface area (Å²) in [6, 6.07) is 3.40. The first-order valence-electron chi connectivity index (χ1n) is 4.61. The fraction of sp³-hybridized carbons (Fsp3) is 0.182. The number of aromatic nitrogens is 1. The van der Waals surface area contributed by atoms with Crippen molar-refractivity contribution in [3.8, 4) is 5.75 Å². The number of fused-ring (bicyclic) bond motifs is 1. The number of hydrogen-bond donors (Lipinski definition) is 0. The minimum Gasteiger partial charge on any atom is -0.424 e. The van der Waals surface area contributed by atoms with Gasteiger partial charge in [0.25, 0.3) is 0 Å². The predicted molar refractivity (Wildman–Crippen MR) is 64.2 cm³/mol. The van der Waals surface area contributed by atoms with Gasteiger partial charge in [0.15, 0.2) is 5.75 Å². The minimum absolute atomic E-state index is 0.376. The SMILES string of the molecule is CC(=O)Oc1cn(C)c2cc(Cl)cc(Cl)c12. The molecule has 84 valence electrons. The Morgan fingerprint density at radius 1 is 1.38 bits per heavy atom. The zero-order valence-electron chi connectivity index (χ0n) is 8.75. The Bertz CT molecular complexity index is 575. The van der Waals surface area contributed by atoms with Gasteiger partial charge in [-0.1, -0.05) is 23.2 Å². The summed E-state index contributed by atoms with van der Waals surface area (Å²) in [6.45, 7) is 1.35. The normalized spacial score (nSPS) is 10.8. The molecule has 0 radical (unpaired) electrons. The number of esters is 1. The van der Waals surface area contributed by atoms with Crippen LogP contribution in [0.5, 0.6) is 5.75 Å². The zero-order chi connectivity index (χ0) is 11.9. The molecule has 0 aliphatic carbocycles. The van der Waals surface area contributed by atoms with E-state index in [1.54, 1.807) is 18.3 Å². The molecule has 0 saturated carbocycles. The van der Waals surface area contributed by atoms with E-state index in [0.717, 1.165) is 5.52 Å². The van der Waals surface area contributed by atoms with Crippen LogP contribution < -0.4 is 4.74 Å². The van der Waals surface area contributed by atoms with Gasteiger partial charge in [0.05, 0.1) is 15.9 Å². The maximum absolute atomic E-state index is 10.9. The largest absolute Gasteiger partial charge is 0.424 e. The smallest absolute Gasteiger partial charge is 0.308 e. The van der Waals surface area contributed by atoms with Crippen LogP contribution in [0.4, 0.5) is 0 Å². The van der Waals surface area contributed by atoms with E-state index >= 15 is 0 Å². The number of aryl methyl sites for hydroxylation is 1. The van der Waals surface area contributed by atoms with Gasteiger partial charge in [-0.3, -0.25) is 4.79 Å². The molecular weight excluding hydrogens is 249 g/mol. The summed E-state index contributed by atoms with van der Waals surface area (Å²) in [5.41, 5.74) is 0.828. The maximum Gasteiger partial charge on any atom is 0.308 e. The first kappa shape index (κ1) is 11.3. The van der Waals surface area contributed by atoms with Crippen LogP contribution in [0.1, 0.15) is 6.92 Å². The number of benzene rings is 1. The summed E-state index contributed by atoms with van der Waals surface area (Å²) in [5, 5.41) is 1.72. The highest BCUT2D eigenvalue weighted by molar-refractivity contribution is 6.39. The second-order valence-electron chi connectivity index (χ2n) is 3.48. The monoisotopic (exact) mass is 257 g/mol. The van der Waals surface area contributed by atoms with Gasteiger partial charge in [-0.25, -0.2) is 0 Å². The van der Waals surface area contributed by atoms with E-state index in [4.69, 9.17) is 27.9 Å². The van der Waals surface area contributed by atoms with Gasteiger partial charge >= 0.3 is 5.97 Å². The van der Waals surface area contributed by atoms with Crippen molar-refractivity contribution in [1.29, 1.82) is 0 Å². The first-order chi connectivity index (χ1) is 7.49. The van der Waals surface area contributed by atoms with Crippen molar-refractivity contribution in [3.63, 3.8) is 0 Å². The maximum atomic E-state index is 10.9. The van der Waals surface area contributed by atoms with Crippen LogP contribution in [0.25, 0.3) is 10.9 Å². The van der Waals surface area contributed by atoms with Gasteiger partial charge < -0.3 is 9.30 Å². The quantitative estimate of drug-likeness (QED) is 0.734. The molecule has 1 heterocycles. The van der Waals surface area contributed by atoms with Crippen molar-refractivity contribution in [3.05, 3.63) is 28.4 Å². The Morgan fingerprint density at radius 2 is 2.06 bits per heavy atom. The lowest BCUT2D eigenvalue weighted by molar-refractivity contribution is -0.131. The lowest BCUT2D eigenvalue weighted by Crippen LogP contribution is -2.00. The lowest BCUT2D eigenvalue weighted by Gasteiger charge is -2.01. The molecule has 3 nitrogen and oxygen atoms in total. The van der Waals surface area contributed by atoms with Gasteiger partial charge in [0, 0.05) is 25.2 Å². The van der Waals surface area contributed by atoms with Crippen molar-refractivity contribution >= 4 is 40.1 Å². The third-order valence-electron chi connectivity index (χ3n) is 2.23. The molecular formula is C11H9Cl2NO2. The molecule has 1 aromatic carbocycles. The fourth-order valence-corrected chi connectivity index (χ4v) is 2.20. The molecule has 0 aliphatic rings. The molecule has 2 rings (SSSR count). The highest BCUT2D eigenvalue weighted by Gasteiger charge is 2.13. The van der Waals surface area contributed by atoms with Crippen molar-refractivity contribution in [2.45, 2.75) is 6.92 Å². The summed E-state index contributed by atoms with van der Waals surface area (Å²) in [5.74, 6) is 0.0742. The molecule has 0 saturated heterocycles. The Balaban J connectivity index is 2.73. The zero-order valence-corrected chi connectivity index (χ0v) is 10.3. The summed E-state index contributed by atoms with van der Waals surface area (Å²) >= 11 is 12.0. The second kappa shape index (κ2) is 4.00. The number of halogens is 2. The van der Waals surface area contributed by atoms with Gasteiger partial charge in [0.2, 0.25) is 0 Å². The highest BCUT2D eigenvalue weighted by Crippen LogP contribution is 2.36. The van der Waals surface area contributed by atoms with Crippen LogP contribution in [-0.2, 0) is 11.8 Å². The van der Waals surface area contributed by atoms with Crippen LogP contribution in [0.15, 0.2) is 18.3 Å². The number of ether oxygens (including phenoxy) is 1. The summed E-state index contributed by atoms with van der Waals surface area (Å²) in [4.78, 5) is 10.9. The fourth-order valence-electron chi connectivity index (χ4n) is 1.62. The van der Waals surface area contributed by atoms with E-state index in [1.165, 1.54) is 6.92 Å². The third-order valence-corrected chi connectivity index (χ3v) is 2.74. The van der Waals surface area contributed by atoms with Crippen LogP contribution in [0, 0.1) is 0 Å². The minimum atomic E-state index is -0.376. The third kappa shape index (κ3) is 1.88. The Kier molecular flexibility index (Phi) is 2.82. The average molecular weight is 258 g/mol. The van der Waals surface area contributed by atoms with E-state index in [-0.39, 0.29) is 5.97 Å². The molecule has 0 fully saturated rings. The predicted octanol–water partition coefficient (Wildman–Crippen LogP) is 3.41. The summed E-state index contributed by atoms with van der Waals surface area (Å²) in [6.07, 6.45) is 1.70. The molecule has 1 aromatic heterocycles. The van der Waals surface area contributed by atoms with Crippen LogP contribution in [0.3, 0.4) is 0 Å². The average Bonchev–Trinajstić information content (AvgIpc) is 2.42. The molecule has 0 N–H and O–H groups in total. The van der Waals surface area contributed by atoms with E-state index in [1.807, 2.05) is 11.6 Å². The van der Waals surface area contributed by atoms with Crippen LogP contribution in [0.2, 0.25) is 10.0 Å². The number of rotatable bonds is 1. The standard InChI is InChI=1S/C11H9Cl2NO2/c1-6(15)16-10-5-14(2)9-4-7(12)3-8(13)11(9)10/h3-5H,1-2H3. The van der Waals surface area contributed by atoms with E-state index in [2.05, 4.69) is 0 Å². The summed E-state index contributed by atoms with van der Waals surface area (Å²) < 4.78 is 6.89. The molecule has 0 amide bonds. The molecule has 5 heteroatoms.